The molecule has 0 aromatic carbocycles. The van der Waals surface area contributed by atoms with E-state index < -0.39 is 6.10 Å². The van der Waals surface area contributed by atoms with Crippen LogP contribution in [0.4, 0.5) is 0 Å². The number of carbonyl (C=O) groups excluding carboxylic acids is 3. The summed E-state index contributed by atoms with van der Waals surface area (Å²) in [4.78, 5) is 37.8. The number of ether oxygens (including phenoxy) is 3. The van der Waals surface area contributed by atoms with E-state index in [0.717, 1.165) is 83.5 Å². The Hall–Kier alpha value is -2.63. The van der Waals surface area contributed by atoms with E-state index in [-0.39, 0.29) is 31.1 Å². The van der Waals surface area contributed by atoms with Crippen LogP contribution in [0.15, 0.2) is 48.6 Å². The van der Waals surface area contributed by atoms with Crippen LogP contribution in [0, 0.1) is 0 Å². The second-order valence-electron chi connectivity index (χ2n) is 16.1. The first-order valence-corrected chi connectivity index (χ1v) is 24.2. The first-order valence-electron chi connectivity index (χ1n) is 24.2. The summed E-state index contributed by atoms with van der Waals surface area (Å²) >= 11 is 0. The average Bonchev–Trinajstić information content (AvgIpc) is 3.21. The maximum atomic E-state index is 12.7. The Morgan fingerprint density at radius 2 is 0.702 bits per heavy atom. The van der Waals surface area contributed by atoms with Gasteiger partial charge >= 0.3 is 17.9 Å². The van der Waals surface area contributed by atoms with Gasteiger partial charge in [-0.3, -0.25) is 14.4 Å². The van der Waals surface area contributed by atoms with Crippen LogP contribution in [0.2, 0.25) is 0 Å². The molecule has 0 bridgehead atoms. The van der Waals surface area contributed by atoms with E-state index in [1.54, 1.807) is 0 Å². The van der Waals surface area contributed by atoms with Crippen molar-refractivity contribution in [3.63, 3.8) is 0 Å². The van der Waals surface area contributed by atoms with Crippen LogP contribution >= 0.6 is 0 Å². The first kappa shape index (κ1) is 54.4. The molecule has 0 rings (SSSR count). The zero-order valence-electron chi connectivity index (χ0n) is 37.6. The molecule has 0 N–H and O–H groups in total. The van der Waals surface area contributed by atoms with Crippen LogP contribution in [-0.4, -0.2) is 37.2 Å². The van der Waals surface area contributed by atoms with Crippen LogP contribution in [0.1, 0.15) is 239 Å². The van der Waals surface area contributed by atoms with Crippen molar-refractivity contribution in [2.45, 2.75) is 245 Å². The Balaban J connectivity index is 4.39. The summed E-state index contributed by atoms with van der Waals surface area (Å²) in [5.74, 6) is -0.909. The predicted molar refractivity (Wildman–Crippen MR) is 242 cm³/mol. The third-order valence-corrected chi connectivity index (χ3v) is 10.4. The number of unbranched alkanes of at least 4 members (excludes halogenated alkanes) is 26. The number of carbonyl (C=O) groups is 3. The average molecular weight is 799 g/mol. The minimum absolute atomic E-state index is 0.0814. The van der Waals surface area contributed by atoms with Gasteiger partial charge in [-0.15, -0.1) is 0 Å². The molecule has 1 atom stereocenters. The Labute approximate surface area is 352 Å². The maximum absolute atomic E-state index is 12.7. The molecule has 0 aliphatic carbocycles. The molecule has 1 unspecified atom stereocenters. The number of rotatable bonds is 43. The molecule has 0 spiro atoms. The lowest BCUT2D eigenvalue weighted by Gasteiger charge is -2.18. The number of hydrogen-bond acceptors (Lipinski definition) is 6. The van der Waals surface area contributed by atoms with E-state index in [1.165, 1.54) is 116 Å². The molecule has 0 aliphatic heterocycles. The van der Waals surface area contributed by atoms with Crippen molar-refractivity contribution in [3.05, 3.63) is 48.6 Å². The summed E-state index contributed by atoms with van der Waals surface area (Å²) in [6.45, 7) is 6.47. The van der Waals surface area contributed by atoms with Gasteiger partial charge in [-0.1, -0.05) is 204 Å². The molecule has 0 saturated carbocycles. The van der Waals surface area contributed by atoms with Gasteiger partial charge in [0.05, 0.1) is 0 Å². The SMILES string of the molecule is CC\C=C/C=C\C=C/CCCCCCCCCC(=O)OCC(COC(=O)CCCCCCCCCCCC)OC(=O)CCCCC/C=C\CCCCCCCCC. The van der Waals surface area contributed by atoms with E-state index in [1.807, 2.05) is 0 Å². The van der Waals surface area contributed by atoms with Crippen LogP contribution in [0.25, 0.3) is 0 Å². The van der Waals surface area contributed by atoms with E-state index in [9.17, 15) is 14.4 Å². The van der Waals surface area contributed by atoms with Gasteiger partial charge in [0.2, 0.25) is 0 Å². The van der Waals surface area contributed by atoms with Crippen LogP contribution in [-0.2, 0) is 28.6 Å². The summed E-state index contributed by atoms with van der Waals surface area (Å²) in [6, 6.07) is 0. The number of allylic oxidation sites excluding steroid dienone is 8. The molecule has 330 valence electrons. The van der Waals surface area contributed by atoms with Crippen molar-refractivity contribution < 1.29 is 28.6 Å². The molecule has 0 radical (unpaired) electrons. The van der Waals surface area contributed by atoms with Crippen molar-refractivity contribution in [2.24, 2.45) is 0 Å². The van der Waals surface area contributed by atoms with Gasteiger partial charge in [0.15, 0.2) is 6.10 Å². The highest BCUT2D eigenvalue weighted by molar-refractivity contribution is 5.71. The Kier molecular flexibility index (Phi) is 43.9. The molecule has 6 heteroatoms. The standard InChI is InChI=1S/C51H90O6/c1-4-7-10-13-16-19-22-24-26-28-29-32-35-38-41-44-50(53)56-47-48(46-55-49(52)43-40-37-34-31-21-18-15-12-9-6-3)57-51(54)45-42-39-36-33-30-27-25-23-20-17-14-11-8-5-2/h7,10,13,16,19,22,27,30,48H,4-6,8-9,11-12,14-15,17-18,20-21,23-26,28-29,31-47H2,1-3H3/b10-7-,16-13-,22-19-,30-27-. The second kappa shape index (κ2) is 46.1. The van der Waals surface area contributed by atoms with Crippen molar-refractivity contribution in [1.29, 1.82) is 0 Å². The van der Waals surface area contributed by atoms with Crippen LogP contribution in [0.5, 0.6) is 0 Å². The smallest absolute Gasteiger partial charge is 0.306 e. The fourth-order valence-electron chi connectivity index (χ4n) is 6.73. The largest absolute Gasteiger partial charge is 0.462 e. The fraction of sp³-hybridized carbons (Fsp3) is 0.784. The van der Waals surface area contributed by atoms with Crippen molar-refractivity contribution in [1.82, 2.24) is 0 Å². The summed E-state index contributed by atoms with van der Waals surface area (Å²) in [6.07, 6.45) is 53.8. The summed E-state index contributed by atoms with van der Waals surface area (Å²) in [5.41, 5.74) is 0. The molecular formula is C51H90O6. The van der Waals surface area contributed by atoms with E-state index in [0.29, 0.717) is 19.3 Å². The van der Waals surface area contributed by atoms with E-state index >= 15 is 0 Å². The van der Waals surface area contributed by atoms with Gasteiger partial charge in [-0.05, 0) is 64.2 Å². The molecule has 6 nitrogen and oxygen atoms in total. The molecule has 0 fully saturated rings. The third kappa shape index (κ3) is 44.3. The maximum Gasteiger partial charge on any atom is 0.306 e. The highest BCUT2D eigenvalue weighted by Crippen LogP contribution is 2.14. The predicted octanol–water partition coefficient (Wildman–Crippen LogP) is 15.5. The molecular weight excluding hydrogens is 709 g/mol. The molecule has 0 amide bonds. The van der Waals surface area contributed by atoms with Crippen molar-refractivity contribution in [2.75, 3.05) is 13.2 Å². The molecule has 0 aromatic rings. The normalized spacial score (nSPS) is 12.4. The Morgan fingerprint density at radius 1 is 0.368 bits per heavy atom. The summed E-state index contributed by atoms with van der Waals surface area (Å²) < 4.78 is 16.7. The Bertz CT molecular complexity index is 1010. The fourth-order valence-corrected chi connectivity index (χ4v) is 6.73. The Morgan fingerprint density at radius 3 is 1.12 bits per heavy atom. The molecule has 0 saturated heterocycles. The van der Waals surface area contributed by atoms with Crippen LogP contribution < -0.4 is 0 Å². The quantitative estimate of drug-likeness (QED) is 0.0201. The monoisotopic (exact) mass is 799 g/mol. The number of hydrogen-bond donors (Lipinski definition) is 0. The van der Waals surface area contributed by atoms with Gasteiger partial charge in [-0.25, -0.2) is 0 Å². The molecule has 0 aliphatic rings. The molecule has 57 heavy (non-hydrogen) atoms. The zero-order valence-corrected chi connectivity index (χ0v) is 37.6. The lowest BCUT2D eigenvalue weighted by molar-refractivity contribution is -0.167. The summed E-state index contributed by atoms with van der Waals surface area (Å²) in [5, 5.41) is 0. The van der Waals surface area contributed by atoms with Gasteiger partial charge < -0.3 is 14.2 Å². The summed E-state index contributed by atoms with van der Waals surface area (Å²) in [7, 11) is 0. The lowest BCUT2D eigenvalue weighted by Crippen LogP contribution is -2.30. The van der Waals surface area contributed by atoms with Gasteiger partial charge in [0.1, 0.15) is 13.2 Å². The highest BCUT2D eigenvalue weighted by Gasteiger charge is 2.19. The zero-order chi connectivity index (χ0) is 41.5. The molecule has 0 heterocycles. The second-order valence-corrected chi connectivity index (χ2v) is 16.1. The molecule has 0 aromatic heterocycles. The van der Waals surface area contributed by atoms with E-state index in [4.69, 9.17) is 14.2 Å². The first-order chi connectivity index (χ1) is 28.0. The number of esters is 3. The minimum atomic E-state index is -0.781. The topological polar surface area (TPSA) is 78.9 Å². The van der Waals surface area contributed by atoms with Gasteiger partial charge in [0, 0.05) is 19.3 Å². The lowest BCUT2D eigenvalue weighted by atomic mass is 10.1. The van der Waals surface area contributed by atoms with Crippen molar-refractivity contribution >= 4 is 17.9 Å². The van der Waals surface area contributed by atoms with Crippen LogP contribution in [0.3, 0.4) is 0 Å². The van der Waals surface area contributed by atoms with Crippen molar-refractivity contribution in [3.8, 4) is 0 Å². The third-order valence-electron chi connectivity index (χ3n) is 10.4. The van der Waals surface area contributed by atoms with Gasteiger partial charge in [0.25, 0.3) is 0 Å². The van der Waals surface area contributed by atoms with E-state index in [2.05, 4.69) is 69.4 Å². The van der Waals surface area contributed by atoms with Gasteiger partial charge in [-0.2, -0.15) is 0 Å². The highest BCUT2D eigenvalue weighted by atomic mass is 16.6. The minimum Gasteiger partial charge on any atom is -0.462 e.